The number of amides is 1. The highest BCUT2D eigenvalue weighted by Gasteiger charge is 2.15. The van der Waals surface area contributed by atoms with E-state index in [-0.39, 0.29) is 5.91 Å². The summed E-state index contributed by atoms with van der Waals surface area (Å²) in [5, 5.41) is 0. The molecule has 0 aliphatic heterocycles. The maximum Gasteiger partial charge on any atom is 0.246 e. The maximum absolute atomic E-state index is 12.7. The summed E-state index contributed by atoms with van der Waals surface area (Å²) in [5.74, 6) is 0.0660. The quantitative estimate of drug-likeness (QED) is 0.737. The Morgan fingerprint density at radius 1 is 1.13 bits per heavy atom. The van der Waals surface area contributed by atoms with E-state index in [0.717, 1.165) is 16.7 Å². The Hall–Kier alpha value is -2.62. The molecule has 23 heavy (non-hydrogen) atoms. The molecule has 0 fully saturated rings. The zero-order valence-electron chi connectivity index (χ0n) is 13.8. The average molecular weight is 307 g/mol. The molecule has 118 valence electrons. The normalized spacial score (nSPS) is 10.9. The molecule has 2 aromatic carbocycles. The van der Waals surface area contributed by atoms with Crippen molar-refractivity contribution in [3.05, 3.63) is 59.9 Å². The van der Waals surface area contributed by atoms with Gasteiger partial charge in [-0.15, -0.1) is 0 Å². The zero-order chi connectivity index (χ0) is 16.4. The van der Waals surface area contributed by atoms with Crippen molar-refractivity contribution in [3.8, 4) is 0 Å². The van der Waals surface area contributed by atoms with Crippen molar-refractivity contribution in [1.82, 2.24) is 9.55 Å². The fraction of sp³-hybridized carbons (Fsp3) is 0.263. The Labute approximate surface area is 136 Å². The number of imidazole rings is 1. The standard InChI is InChI=1S/C19H21N3O/c1-4-22(16-8-6-5-7-9-16)19(23)12-21-13-20-17-10-14(2)15(3)11-18(17)21/h5-11,13H,4,12H2,1-3H3. The van der Waals surface area contributed by atoms with Crippen LogP contribution in [0, 0.1) is 13.8 Å². The predicted octanol–water partition coefficient (Wildman–Crippen LogP) is 3.71. The highest BCUT2D eigenvalue weighted by Crippen LogP contribution is 2.19. The van der Waals surface area contributed by atoms with Crippen molar-refractivity contribution in [3.63, 3.8) is 0 Å². The molecular weight excluding hydrogens is 286 g/mol. The summed E-state index contributed by atoms with van der Waals surface area (Å²) in [7, 11) is 0. The SMILES string of the molecule is CCN(C(=O)Cn1cnc2cc(C)c(C)cc21)c1ccccc1. The molecule has 0 spiro atoms. The van der Waals surface area contributed by atoms with Crippen LogP contribution in [-0.2, 0) is 11.3 Å². The number of aryl methyl sites for hydroxylation is 2. The lowest BCUT2D eigenvalue weighted by molar-refractivity contribution is -0.119. The topological polar surface area (TPSA) is 38.1 Å². The molecule has 4 nitrogen and oxygen atoms in total. The highest BCUT2D eigenvalue weighted by atomic mass is 16.2. The van der Waals surface area contributed by atoms with E-state index in [1.165, 1.54) is 11.1 Å². The molecule has 4 heteroatoms. The van der Waals surface area contributed by atoms with Gasteiger partial charge in [-0.05, 0) is 56.2 Å². The van der Waals surface area contributed by atoms with E-state index in [9.17, 15) is 4.79 Å². The number of hydrogen-bond acceptors (Lipinski definition) is 2. The van der Waals surface area contributed by atoms with Crippen LogP contribution in [0.5, 0.6) is 0 Å². The first-order valence-electron chi connectivity index (χ1n) is 7.87. The van der Waals surface area contributed by atoms with Crippen LogP contribution in [0.3, 0.4) is 0 Å². The van der Waals surface area contributed by atoms with Gasteiger partial charge in [-0.3, -0.25) is 4.79 Å². The zero-order valence-corrected chi connectivity index (χ0v) is 13.8. The van der Waals surface area contributed by atoms with Crippen LogP contribution in [0.4, 0.5) is 5.69 Å². The van der Waals surface area contributed by atoms with Gasteiger partial charge in [0.1, 0.15) is 6.54 Å². The van der Waals surface area contributed by atoms with Gasteiger partial charge in [0, 0.05) is 12.2 Å². The molecule has 0 aliphatic carbocycles. The number of anilines is 1. The van der Waals surface area contributed by atoms with Crippen molar-refractivity contribution in [2.24, 2.45) is 0 Å². The van der Waals surface area contributed by atoms with Crippen molar-refractivity contribution in [1.29, 1.82) is 0 Å². The Morgan fingerprint density at radius 2 is 1.83 bits per heavy atom. The average Bonchev–Trinajstić information content (AvgIpc) is 2.91. The van der Waals surface area contributed by atoms with E-state index in [4.69, 9.17) is 0 Å². The van der Waals surface area contributed by atoms with Gasteiger partial charge in [-0.1, -0.05) is 18.2 Å². The number of nitrogens with zero attached hydrogens (tertiary/aromatic N) is 3. The van der Waals surface area contributed by atoms with Gasteiger partial charge in [0.25, 0.3) is 0 Å². The van der Waals surface area contributed by atoms with Gasteiger partial charge in [-0.25, -0.2) is 4.98 Å². The Kier molecular flexibility index (Phi) is 4.15. The van der Waals surface area contributed by atoms with Crippen molar-refractivity contribution < 1.29 is 4.79 Å². The molecule has 1 heterocycles. The lowest BCUT2D eigenvalue weighted by atomic mass is 10.1. The van der Waals surface area contributed by atoms with Crippen molar-refractivity contribution in [2.45, 2.75) is 27.3 Å². The molecule has 0 bridgehead atoms. The first kappa shape index (κ1) is 15.3. The van der Waals surface area contributed by atoms with Crippen LogP contribution in [0.2, 0.25) is 0 Å². The molecule has 0 unspecified atom stereocenters. The fourth-order valence-corrected chi connectivity index (χ4v) is 2.78. The largest absolute Gasteiger partial charge is 0.321 e. The molecule has 0 atom stereocenters. The van der Waals surface area contributed by atoms with Gasteiger partial charge in [-0.2, -0.15) is 0 Å². The molecule has 0 saturated heterocycles. The van der Waals surface area contributed by atoms with Gasteiger partial charge in [0.2, 0.25) is 5.91 Å². The van der Waals surface area contributed by atoms with Crippen LogP contribution in [0.25, 0.3) is 11.0 Å². The molecule has 1 aromatic heterocycles. The number of rotatable bonds is 4. The summed E-state index contributed by atoms with van der Waals surface area (Å²) in [6.45, 7) is 7.09. The summed E-state index contributed by atoms with van der Waals surface area (Å²) in [6.07, 6.45) is 1.75. The number of likely N-dealkylation sites (N-methyl/N-ethyl adjacent to an activating group) is 1. The summed E-state index contributed by atoms with van der Waals surface area (Å²) >= 11 is 0. The third kappa shape index (κ3) is 2.97. The Balaban J connectivity index is 1.89. The van der Waals surface area contributed by atoms with Crippen LogP contribution in [0.15, 0.2) is 48.8 Å². The minimum Gasteiger partial charge on any atom is -0.321 e. The molecule has 0 aliphatic rings. The van der Waals surface area contributed by atoms with Gasteiger partial charge in [0.15, 0.2) is 0 Å². The number of carbonyl (C=O) groups is 1. The van der Waals surface area contributed by atoms with Gasteiger partial charge < -0.3 is 9.47 Å². The number of hydrogen-bond donors (Lipinski definition) is 0. The van der Waals surface area contributed by atoms with E-state index in [1.807, 2.05) is 41.8 Å². The van der Waals surface area contributed by atoms with Gasteiger partial charge in [0.05, 0.1) is 17.4 Å². The molecule has 0 N–H and O–H groups in total. The molecule has 1 amide bonds. The first-order chi connectivity index (χ1) is 11.1. The summed E-state index contributed by atoms with van der Waals surface area (Å²) < 4.78 is 1.93. The lowest BCUT2D eigenvalue weighted by Gasteiger charge is -2.21. The number of para-hydroxylation sites is 1. The number of carbonyl (C=O) groups excluding carboxylic acids is 1. The Bertz CT molecular complexity index is 836. The summed E-state index contributed by atoms with van der Waals surface area (Å²) in [5.41, 5.74) is 5.29. The predicted molar refractivity (Wildman–Crippen MR) is 93.7 cm³/mol. The van der Waals surface area contributed by atoms with Gasteiger partial charge >= 0.3 is 0 Å². The number of aromatic nitrogens is 2. The molecular formula is C19H21N3O. The number of benzene rings is 2. The second kappa shape index (κ2) is 6.24. The van der Waals surface area contributed by atoms with E-state index in [2.05, 4.69) is 31.0 Å². The molecule has 0 saturated carbocycles. The van der Waals surface area contributed by atoms with Crippen molar-refractivity contribution >= 4 is 22.6 Å². The fourth-order valence-electron chi connectivity index (χ4n) is 2.78. The first-order valence-corrected chi connectivity index (χ1v) is 7.87. The highest BCUT2D eigenvalue weighted by molar-refractivity contribution is 5.94. The minimum absolute atomic E-state index is 0.0660. The smallest absolute Gasteiger partial charge is 0.246 e. The Morgan fingerprint density at radius 3 is 2.52 bits per heavy atom. The van der Waals surface area contributed by atoms with E-state index >= 15 is 0 Å². The van der Waals surface area contributed by atoms with E-state index in [1.54, 1.807) is 11.2 Å². The molecule has 3 aromatic rings. The van der Waals surface area contributed by atoms with Crippen molar-refractivity contribution in [2.75, 3.05) is 11.4 Å². The third-order valence-electron chi connectivity index (χ3n) is 4.23. The third-order valence-corrected chi connectivity index (χ3v) is 4.23. The second-order valence-electron chi connectivity index (χ2n) is 5.77. The van der Waals surface area contributed by atoms with Crippen LogP contribution in [-0.4, -0.2) is 22.0 Å². The van der Waals surface area contributed by atoms with Crippen LogP contribution in [0.1, 0.15) is 18.1 Å². The lowest BCUT2D eigenvalue weighted by Crippen LogP contribution is -2.33. The number of fused-ring (bicyclic) bond motifs is 1. The monoisotopic (exact) mass is 307 g/mol. The maximum atomic E-state index is 12.7. The van der Waals surface area contributed by atoms with Crippen LogP contribution >= 0.6 is 0 Å². The summed E-state index contributed by atoms with van der Waals surface area (Å²) in [6, 6.07) is 13.9. The van der Waals surface area contributed by atoms with Crippen LogP contribution < -0.4 is 4.90 Å². The van der Waals surface area contributed by atoms with E-state index < -0.39 is 0 Å². The second-order valence-corrected chi connectivity index (χ2v) is 5.77. The van der Waals surface area contributed by atoms with E-state index in [0.29, 0.717) is 13.1 Å². The molecule has 3 rings (SSSR count). The minimum atomic E-state index is 0.0660. The molecule has 0 radical (unpaired) electrons. The summed E-state index contributed by atoms with van der Waals surface area (Å²) in [4.78, 5) is 18.9.